The molecule has 1 aliphatic rings. The summed E-state index contributed by atoms with van der Waals surface area (Å²) in [6.07, 6.45) is 7.74. The molecule has 1 fully saturated rings. The maximum Gasteiger partial charge on any atom is 0.323 e. The van der Waals surface area contributed by atoms with Crippen molar-refractivity contribution in [1.82, 2.24) is 5.32 Å². The van der Waals surface area contributed by atoms with Gasteiger partial charge in [0.25, 0.3) is 0 Å². The summed E-state index contributed by atoms with van der Waals surface area (Å²) in [5.74, 6) is 0.939. The number of nitrogens with one attached hydrogen (secondary N) is 1. The Morgan fingerprint density at radius 2 is 2.12 bits per heavy atom. The minimum Gasteiger partial charge on any atom is -0.465 e. The van der Waals surface area contributed by atoms with E-state index in [0.717, 1.165) is 17.4 Å². The molecule has 0 spiro atoms. The van der Waals surface area contributed by atoms with Crippen molar-refractivity contribution < 1.29 is 9.53 Å². The van der Waals surface area contributed by atoms with Crippen LogP contribution in [0.5, 0.6) is 0 Å². The number of ether oxygens (including phenoxy) is 1. The molecule has 0 radical (unpaired) electrons. The minimum absolute atomic E-state index is 0.112. The van der Waals surface area contributed by atoms with E-state index in [1.165, 1.54) is 32.1 Å². The standard InChI is InChI=1S/C13H25NO2S/c1-3-16-13(15)12(14-2)9-10-17-11-7-5-4-6-8-11/h11-12,14H,3-10H2,1-2H3. The van der Waals surface area contributed by atoms with Crippen molar-refractivity contribution in [3.63, 3.8) is 0 Å². The maximum atomic E-state index is 11.6. The molecule has 0 bridgehead atoms. The number of thioether (sulfide) groups is 1. The van der Waals surface area contributed by atoms with Crippen molar-refractivity contribution in [2.75, 3.05) is 19.4 Å². The largest absolute Gasteiger partial charge is 0.465 e. The van der Waals surface area contributed by atoms with Crippen LogP contribution in [-0.4, -0.2) is 36.7 Å². The lowest BCUT2D eigenvalue weighted by Crippen LogP contribution is -2.36. The lowest BCUT2D eigenvalue weighted by Gasteiger charge is -2.22. The smallest absolute Gasteiger partial charge is 0.323 e. The van der Waals surface area contributed by atoms with Gasteiger partial charge in [-0.15, -0.1) is 0 Å². The fraction of sp³-hybridized carbons (Fsp3) is 0.923. The second-order valence-electron chi connectivity index (χ2n) is 4.51. The average Bonchev–Trinajstić information content (AvgIpc) is 2.36. The topological polar surface area (TPSA) is 38.3 Å². The van der Waals surface area contributed by atoms with E-state index >= 15 is 0 Å². The van der Waals surface area contributed by atoms with E-state index in [2.05, 4.69) is 5.32 Å². The molecule has 3 nitrogen and oxygen atoms in total. The molecule has 0 aliphatic heterocycles. The van der Waals surface area contributed by atoms with Crippen molar-refractivity contribution in [2.24, 2.45) is 0 Å². The Morgan fingerprint density at radius 1 is 1.41 bits per heavy atom. The van der Waals surface area contributed by atoms with Gasteiger partial charge >= 0.3 is 5.97 Å². The van der Waals surface area contributed by atoms with Crippen LogP contribution in [0.2, 0.25) is 0 Å². The molecule has 1 aliphatic carbocycles. The first-order valence-corrected chi connectivity index (χ1v) is 7.78. The summed E-state index contributed by atoms with van der Waals surface area (Å²) in [4.78, 5) is 11.6. The van der Waals surface area contributed by atoms with Crippen LogP contribution in [0.4, 0.5) is 0 Å². The third-order valence-corrected chi connectivity index (χ3v) is 4.65. The van der Waals surface area contributed by atoms with Crippen LogP contribution in [0, 0.1) is 0 Å². The SMILES string of the molecule is CCOC(=O)C(CCSC1CCCCC1)NC. The summed E-state index contributed by atoms with van der Waals surface area (Å²) >= 11 is 2.03. The van der Waals surface area contributed by atoms with Gasteiger partial charge < -0.3 is 10.1 Å². The van der Waals surface area contributed by atoms with Gasteiger partial charge in [0, 0.05) is 5.25 Å². The normalized spacial score (nSPS) is 18.9. The van der Waals surface area contributed by atoms with Gasteiger partial charge in [-0.25, -0.2) is 0 Å². The van der Waals surface area contributed by atoms with Crippen molar-refractivity contribution in [3.05, 3.63) is 0 Å². The zero-order valence-corrected chi connectivity index (χ0v) is 11.9. The Labute approximate surface area is 109 Å². The molecule has 0 aromatic carbocycles. The number of likely N-dealkylation sites (N-methyl/N-ethyl adjacent to an activating group) is 1. The molecule has 0 aromatic heterocycles. The van der Waals surface area contributed by atoms with Gasteiger partial charge in [0.1, 0.15) is 6.04 Å². The predicted octanol–water partition coefficient (Wildman–Crippen LogP) is 2.59. The van der Waals surface area contributed by atoms with Gasteiger partial charge in [0.15, 0.2) is 0 Å². The molecule has 1 atom stereocenters. The van der Waals surface area contributed by atoms with E-state index in [-0.39, 0.29) is 12.0 Å². The van der Waals surface area contributed by atoms with Crippen LogP contribution in [0.25, 0.3) is 0 Å². The van der Waals surface area contributed by atoms with E-state index in [1.807, 2.05) is 25.7 Å². The minimum atomic E-state index is -0.133. The molecule has 1 saturated carbocycles. The Bertz CT molecular complexity index is 217. The number of carbonyl (C=O) groups excluding carboxylic acids is 1. The lowest BCUT2D eigenvalue weighted by atomic mass is 10.0. The summed E-state index contributed by atoms with van der Waals surface area (Å²) in [5, 5.41) is 3.86. The van der Waals surface area contributed by atoms with E-state index < -0.39 is 0 Å². The first-order valence-electron chi connectivity index (χ1n) is 6.73. The van der Waals surface area contributed by atoms with Crippen LogP contribution in [0.3, 0.4) is 0 Å². The van der Waals surface area contributed by atoms with Crippen molar-refractivity contribution in [2.45, 2.75) is 56.7 Å². The fourth-order valence-electron chi connectivity index (χ4n) is 2.21. The number of hydrogen-bond donors (Lipinski definition) is 1. The second-order valence-corrected chi connectivity index (χ2v) is 5.92. The first kappa shape index (κ1) is 14.8. The average molecular weight is 259 g/mol. The molecular weight excluding hydrogens is 234 g/mol. The highest BCUT2D eigenvalue weighted by Gasteiger charge is 2.19. The number of esters is 1. The highest BCUT2D eigenvalue weighted by atomic mass is 32.2. The third-order valence-electron chi connectivity index (χ3n) is 3.23. The molecule has 17 heavy (non-hydrogen) atoms. The summed E-state index contributed by atoms with van der Waals surface area (Å²) < 4.78 is 5.03. The van der Waals surface area contributed by atoms with Crippen LogP contribution < -0.4 is 5.32 Å². The van der Waals surface area contributed by atoms with Gasteiger partial charge in [-0.05, 0) is 39.0 Å². The van der Waals surface area contributed by atoms with Crippen LogP contribution in [0.15, 0.2) is 0 Å². The van der Waals surface area contributed by atoms with Gasteiger partial charge in [-0.3, -0.25) is 4.79 Å². The van der Waals surface area contributed by atoms with Crippen molar-refractivity contribution in [3.8, 4) is 0 Å². The Hall–Kier alpha value is -0.220. The van der Waals surface area contributed by atoms with E-state index in [9.17, 15) is 4.79 Å². The molecule has 100 valence electrons. The van der Waals surface area contributed by atoms with Gasteiger partial charge in [-0.1, -0.05) is 19.3 Å². The second kappa shape index (κ2) is 8.81. The number of rotatable bonds is 7. The molecule has 0 amide bonds. The molecular formula is C13H25NO2S. The number of carbonyl (C=O) groups is 1. The number of hydrogen-bond acceptors (Lipinski definition) is 4. The summed E-state index contributed by atoms with van der Waals surface area (Å²) in [5.41, 5.74) is 0. The molecule has 1 N–H and O–H groups in total. The predicted molar refractivity (Wildman–Crippen MR) is 73.4 cm³/mol. The molecule has 1 rings (SSSR count). The highest BCUT2D eigenvalue weighted by Crippen LogP contribution is 2.28. The molecule has 0 heterocycles. The van der Waals surface area contributed by atoms with Gasteiger partial charge in [0.2, 0.25) is 0 Å². The van der Waals surface area contributed by atoms with Crippen LogP contribution in [0.1, 0.15) is 45.4 Å². The van der Waals surface area contributed by atoms with Gasteiger partial charge in [-0.2, -0.15) is 11.8 Å². The molecule has 0 aromatic rings. The van der Waals surface area contributed by atoms with Crippen molar-refractivity contribution >= 4 is 17.7 Å². The lowest BCUT2D eigenvalue weighted by molar-refractivity contribution is -0.145. The van der Waals surface area contributed by atoms with Crippen LogP contribution in [-0.2, 0) is 9.53 Å². The summed E-state index contributed by atoms with van der Waals surface area (Å²) in [6, 6.07) is -0.133. The Kier molecular flexibility index (Phi) is 7.69. The Morgan fingerprint density at radius 3 is 2.71 bits per heavy atom. The monoisotopic (exact) mass is 259 g/mol. The summed E-state index contributed by atoms with van der Waals surface area (Å²) in [6.45, 7) is 2.31. The molecule has 1 unspecified atom stereocenters. The zero-order chi connectivity index (χ0) is 12.5. The Balaban J connectivity index is 2.16. The third kappa shape index (κ3) is 5.77. The van der Waals surface area contributed by atoms with Gasteiger partial charge in [0.05, 0.1) is 6.61 Å². The molecule has 0 saturated heterocycles. The van der Waals surface area contributed by atoms with E-state index in [1.54, 1.807) is 0 Å². The quantitative estimate of drug-likeness (QED) is 0.713. The highest BCUT2D eigenvalue weighted by molar-refractivity contribution is 7.99. The van der Waals surface area contributed by atoms with E-state index in [4.69, 9.17) is 4.74 Å². The van der Waals surface area contributed by atoms with Crippen LogP contribution >= 0.6 is 11.8 Å². The van der Waals surface area contributed by atoms with Crippen molar-refractivity contribution in [1.29, 1.82) is 0 Å². The fourth-order valence-corrected chi connectivity index (χ4v) is 3.58. The summed E-state index contributed by atoms with van der Waals surface area (Å²) in [7, 11) is 1.83. The van der Waals surface area contributed by atoms with E-state index in [0.29, 0.717) is 6.61 Å². The first-order chi connectivity index (χ1) is 8.27. The maximum absolute atomic E-state index is 11.6. The zero-order valence-electron chi connectivity index (χ0n) is 11.0. The molecule has 4 heteroatoms.